The van der Waals surface area contributed by atoms with Gasteiger partial charge in [0.15, 0.2) is 5.78 Å². The normalized spacial score (nSPS) is 11.1. The van der Waals surface area contributed by atoms with E-state index < -0.39 is 22.6 Å². The number of nitriles is 1. The predicted molar refractivity (Wildman–Crippen MR) is 139 cm³/mol. The lowest BCUT2D eigenvalue weighted by atomic mass is 10.0. The third kappa shape index (κ3) is 6.04. The van der Waals surface area contributed by atoms with Crippen LogP contribution < -0.4 is 0 Å². The summed E-state index contributed by atoms with van der Waals surface area (Å²) in [5, 5.41) is 20.9. The van der Waals surface area contributed by atoms with Gasteiger partial charge < -0.3 is 13.9 Å². The van der Waals surface area contributed by atoms with Gasteiger partial charge in [-0.1, -0.05) is 12.1 Å². The number of esters is 2. The van der Waals surface area contributed by atoms with Gasteiger partial charge in [0.1, 0.15) is 22.5 Å². The van der Waals surface area contributed by atoms with Crippen molar-refractivity contribution in [3.05, 3.63) is 78.2 Å². The molecule has 0 fully saturated rings. The summed E-state index contributed by atoms with van der Waals surface area (Å²) >= 11 is 0.946. The number of carbonyl (C=O) groups excluding carboxylic acids is 3. The number of ether oxygens (including phenoxy) is 2. The van der Waals surface area contributed by atoms with Gasteiger partial charge in [0.05, 0.1) is 29.3 Å². The highest BCUT2D eigenvalue weighted by molar-refractivity contribution is 7.14. The van der Waals surface area contributed by atoms with Crippen LogP contribution in [0.3, 0.4) is 0 Å². The van der Waals surface area contributed by atoms with E-state index in [0.717, 1.165) is 11.3 Å². The molecule has 0 aliphatic heterocycles. The Balaban J connectivity index is 1.92. The van der Waals surface area contributed by atoms with Crippen LogP contribution in [0.1, 0.15) is 55.6 Å². The minimum Gasteiger partial charge on any atom is -0.462 e. The molecule has 38 heavy (non-hydrogen) atoms. The standard InChI is InChI=1S/C27H24N2O8S/c1-5-35-26(31)24-16(4)25(27(32)36-6-2)38-23(24)13-21(30)18(14-28)11-19-9-10-22(37-19)17-8-7-15(3)20(12-17)29(33)34/h7-12H,5-6,13H2,1-4H3/b18-11+. The number of benzene rings is 1. The zero-order chi connectivity index (χ0) is 28.0. The summed E-state index contributed by atoms with van der Waals surface area (Å²) in [6, 6.07) is 9.61. The van der Waals surface area contributed by atoms with Gasteiger partial charge in [0.2, 0.25) is 0 Å². The third-order valence-electron chi connectivity index (χ3n) is 5.51. The molecule has 11 heteroatoms. The fourth-order valence-corrected chi connectivity index (χ4v) is 4.85. The number of furan rings is 1. The Bertz CT molecular complexity index is 1490. The quantitative estimate of drug-likeness (QED) is 0.106. The maximum atomic E-state index is 13.1. The molecule has 3 aromatic rings. The minimum absolute atomic E-state index is 0.0604. The van der Waals surface area contributed by atoms with Crippen molar-refractivity contribution in [2.24, 2.45) is 0 Å². The van der Waals surface area contributed by atoms with E-state index in [0.29, 0.717) is 22.5 Å². The van der Waals surface area contributed by atoms with Crippen LogP contribution in [0.15, 0.2) is 40.3 Å². The number of hydrogen-bond donors (Lipinski definition) is 0. The van der Waals surface area contributed by atoms with Crippen LogP contribution in [0.25, 0.3) is 17.4 Å². The number of allylic oxidation sites excluding steroid dienone is 1. The second-order valence-electron chi connectivity index (χ2n) is 8.03. The molecule has 0 aliphatic carbocycles. The number of Topliss-reactive ketones (excluding diaryl/α,β-unsaturated/α-hetero) is 1. The molecule has 0 amide bonds. The van der Waals surface area contributed by atoms with Crippen LogP contribution >= 0.6 is 11.3 Å². The van der Waals surface area contributed by atoms with Crippen LogP contribution in [-0.4, -0.2) is 35.9 Å². The number of nitro groups is 1. The number of nitro benzene ring substituents is 1. The molecule has 2 aromatic heterocycles. The first-order chi connectivity index (χ1) is 18.1. The molecule has 196 valence electrons. The topological polar surface area (TPSA) is 150 Å². The molecule has 2 heterocycles. The number of nitrogens with zero attached hydrogens (tertiary/aromatic N) is 2. The fraction of sp³-hybridized carbons (Fsp3) is 0.259. The maximum absolute atomic E-state index is 13.1. The lowest BCUT2D eigenvalue weighted by molar-refractivity contribution is -0.385. The maximum Gasteiger partial charge on any atom is 0.348 e. The summed E-state index contributed by atoms with van der Waals surface area (Å²) in [6.07, 6.45) is 0.932. The van der Waals surface area contributed by atoms with E-state index in [2.05, 4.69) is 0 Å². The van der Waals surface area contributed by atoms with Gasteiger partial charge in [-0.25, -0.2) is 9.59 Å². The Morgan fingerprint density at radius 2 is 1.79 bits per heavy atom. The van der Waals surface area contributed by atoms with E-state index in [4.69, 9.17) is 13.9 Å². The van der Waals surface area contributed by atoms with Crippen molar-refractivity contribution in [3.63, 3.8) is 0 Å². The van der Waals surface area contributed by atoms with Gasteiger partial charge in [-0.3, -0.25) is 14.9 Å². The van der Waals surface area contributed by atoms with Crippen molar-refractivity contribution in [1.29, 1.82) is 5.26 Å². The summed E-state index contributed by atoms with van der Waals surface area (Å²) in [7, 11) is 0. The molecule has 0 atom stereocenters. The average molecular weight is 537 g/mol. The fourth-order valence-electron chi connectivity index (χ4n) is 3.66. The summed E-state index contributed by atoms with van der Waals surface area (Å²) in [4.78, 5) is 49.3. The number of carbonyl (C=O) groups is 3. The second kappa shape index (κ2) is 12.1. The lowest BCUT2D eigenvalue weighted by Gasteiger charge is -2.05. The van der Waals surface area contributed by atoms with Crippen molar-refractivity contribution in [2.45, 2.75) is 34.1 Å². The molecule has 0 saturated carbocycles. The van der Waals surface area contributed by atoms with Gasteiger partial charge in [0.25, 0.3) is 5.69 Å². The summed E-state index contributed by atoms with van der Waals surface area (Å²) in [5.74, 6) is -1.38. The van der Waals surface area contributed by atoms with E-state index in [1.54, 1.807) is 45.9 Å². The number of rotatable bonds is 10. The number of hydrogen-bond acceptors (Lipinski definition) is 10. The summed E-state index contributed by atoms with van der Waals surface area (Å²) in [6.45, 7) is 6.73. The van der Waals surface area contributed by atoms with E-state index in [1.165, 1.54) is 18.2 Å². The van der Waals surface area contributed by atoms with E-state index in [9.17, 15) is 29.8 Å². The summed E-state index contributed by atoms with van der Waals surface area (Å²) < 4.78 is 15.9. The molecule has 0 aliphatic rings. The molecule has 3 rings (SSSR count). The van der Waals surface area contributed by atoms with Gasteiger partial charge in [0, 0.05) is 34.6 Å². The first kappa shape index (κ1) is 28.0. The monoisotopic (exact) mass is 536 g/mol. The zero-order valence-electron chi connectivity index (χ0n) is 21.2. The Morgan fingerprint density at radius 1 is 1.11 bits per heavy atom. The molecule has 0 unspecified atom stereocenters. The van der Waals surface area contributed by atoms with Crippen LogP contribution in [0.4, 0.5) is 5.69 Å². The molecule has 0 N–H and O–H groups in total. The lowest BCUT2D eigenvalue weighted by Crippen LogP contribution is -2.12. The number of aryl methyl sites for hydroxylation is 1. The molecule has 1 aromatic carbocycles. The highest BCUT2D eigenvalue weighted by Crippen LogP contribution is 2.32. The Morgan fingerprint density at radius 3 is 2.42 bits per heavy atom. The van der Waals surface area contributed by atoms with Gasteiger partial charge in [-0.2, -0.15) is 5.26 Å². The first-order valence-electron chi connectivity index (χ1n) is 11.6. The molecular formula is C27H24N2O8S. The van der Waals surface area contributed by atoms with Crippen molar-refractivity contribution in [3.8, 4) is 17.4 Å². The Kier molecular flexibility index (Phi) is 8.94. The molecule has 0 saturated heterocycles. The number of thiophene rings is 1. The van der Waals surface area contributed by atoms with Crippen LogP contribution in [0, 0.1) is 35.3 Å². The van der Waals surface area contributed by atoms with E-state index in [1.807, 2.05) is 6.07 Å². The Hall–Kier alpha value is -4.56. The van der Waals surface area contributed by atoms with Crippen molar-refractivity contribution in [2.75, 3.05) is 13.2 Å². The molecule has 10 nitrogen and oxygen atoms in total. The van der Waals surface area contributed by atoms with E-state index >= 15 is 0 Å². The zero-order valence-corrected chi connectivity index (χ0v) is 22.0. The van der Waals surface area contributed by atoms with Crippen LogP contribution in [-0.2, 0) is 20.7 Å². The van der Waals surface area contributed by atoms with E-state index in [-0.39, 0.29) is 52.0 Å². The average Bonchev–Trinajstić information content (AvgIpc) is 3.47. The molecular weight excluding hydrogens is 512 g/mol. The van der Waals surface area contributed by atoms with Crippen molar-refractivity contribution >= 4 is 40.8 Å². The Labute approximate surface area is 222 Å². The third-order valence-corrected chi connectivity index (χ3v) is 6.78. The summed E-state index contributed by atoms with van der Waals surface area (Å²) in [5.41, 5.74) is 1.12. The number of ketones is 1. The van der Waals surface area contributed by atoms with Crippen LogP contribution in [0.2, 0.25) is 0 Å². The predicted octanol–water partition coefficient (Wildman–Crippen LogP) is 5.61. The SMILES string of the molecule is CCOC(=O)c1sc(CC(=O)/C(C#N)=C/c2ccc(-c3ccc(C)c([N+](=O)[O-])c3)o2)c(C(=O)OCC)c1C. The second-order valence-corrected chi connectivity index (χ2v) is 9.13. The highest BCUT2D eigenvalue weighted by Gasteiger charge is 2.28. The minimum atomic E-state index is -0.676. The van der Waals surface area contributed by atoms with Crippen molar-refractivity contribution < 1.29 is 33.2 Å². The van der Waals surface area contributed by atoms with Gasteiger partial charge >= 0.3 is 11.9 Å². The highest BCUT2D eigenvalue weighted by atomic mass is 32.1. The molecule has 0 spiro atoms. The molecule has 0 bridgehead atoms. The first-order valence-corrected chi connectivity index (χ1v) is 12.4. The van der Waals surface area contributed by atoms with Gasteiger partial charge in [-0.05, 0) is 45.4 Å². The smallest absolute Gasteiger partial charge is 0.348 e. The van der Waals surface area contributed by atoms with Gasteiger partial charge in [-0.15, -0.1) is 11.3 Å². The molecule has 0 radical (unpaired) electrons. The largest absolute Gasteiger partial charge is 0.462 e. The van der Waals surface area contributed by atoms with Crippen LogP contribution in [0.5, 0.6) is 0 Å². The van der Waals surface area contributed by atoms with Crippen molar-refractivity contribution in [1.82, 2.24) is 0 Å².